The van der Waals surface area contributed by atoms with E-state index in [-0.39, 0.29) is 12.4 Å². The Morgan fingerprint density at radius 1 is 1.40 bits per heavy atom. The summed E-state index contributed by atoms with van der Waals surface area (Å²) in [4.78, 5) is 3.93. The highest BCUT2D eigenvalue weighted by atomic mass is 35.5. The molecule has 0 aliphatic carbocycles. The van der Waals surface area contributed by atoms with Crippen LogP contribution in [0.15, 0.2) is 12.3 Å². The van der Waals surface area contributed by atoms with E-state index in [2.05, 4.69) is 4.98 Å². The van der Waals surface area contributed by atoms with Gasteiger partial charge in [-0.3, -0.25) is 4.98 Å². The van der Waals surface area contributed by atoms with E-state index in [0.717, 1.165) is 5.69 Å². The lowest BCUT2D eigenvalue weighted by Crippen LogP contribution is -1.97. The van der Waals surface area contributed by atoms with Crippen molar-refractivity contribution in [2.24, 2.45) is 0 Å². The number of nitrogens with zero attached hydrogens (tertiary/aromatic N) is 1. The largest absolute Gasteiger partial charge is 0.397 e. The molecule has 0 saturated heterocycles. The molecule has 1 heterocycles. The first-order valence-electron chi connectivity index (χ1n) is 2.68. The van der Waals surface area contributed by atoms with Gasteiger partial charge in [-0.25, -0.2) is 0 Å². The molecular weight excluding hydrogens is 150 g/mol. The first kappa shape index (κ1) is 9.04. The normalized spacial score (nSPS) is 8.50. The molecule has 3 nitrogen and oxygen atoms in total. The third kappa shape index (κ3) is 1.51. The molecule has 1 aromatic heterocycles. The molecule has 0 bridgehead atoms. The summed E-state index contributed by atoms with van der Waals surface area (Å²) in [5.41, 5.74) is 12.9. The zero-order valence-electron chi connectivity index (χ0n) is 5.66. The molecule has 1 aromatic rings. The number of pyridine rings is 1. The lowest BCUT2D eigenvalue weighted by atomic mass is 10.3. The molecule has 0 aliphatic heterocycles. The Kier molecular flexibility index (Phi) is 2.96. The van der Waals surface area contributed by atoms with Crippen LogP contribution >= 0.6 is 12.4 Å². The maximum atomic E-state index is 5.49. The smallest absolute Gasteiger partial charge is 0.0763 e. The van der Waals surface area contributed by atoms with Gasteiger partial charge < -0.3 is 11.5 Å². The van der Waals surface area contributed by atoms with Crippen LogP contribution in [-0.2, 0) is 0 Å². The van der Waals surface area contributed by atoms with E-state index in [1.54, 1.807) is 12.3 Å². The first-order chi connectivity index (χ1) is 4.22. The summed E-state index contributed by atoms with van der Waals surface area (Å²) in [7, 11) is 0. The monoisotopic (exact) mass is 159 g/mol. The predicted molar refractivity (Wildman–Crippen MR) is 45.0 cm³/mol. The number of hydrogen-bond acceptors (Lipinski definition) is 3. The van der Waals surface area contributed by atoms with Gasteiger partial charge in [-0.1, -0.05) is 0 Å². The molecule has 4 N–H and O–H groups in total. The molecule has 1 rings (SSSR count). The highest BCUT2D eigenvalue weighted by molar-refractivity contribution is 5.85. The van der Waals surface area contributed by atoms with Crippen LogP contribution in [0.1, 0.15) is 5.69 Å². The van der Waals surface area contributed by atoms with Crippen LogP contribution in [0, 0.1) is 6.92 Å². The van der Waals surface area contributed by atoms with Gasteiger partial charge in [-0.2, -0.15) is 0 Å². The number of halogens is 1. The van der Waals surface area contributed by atoms with Gasteiger partial charge >= 0.3 is 0 Å². The third-order valence-electron chi connectivity index (χ3n) is 1.22. The fraction of sp³-hybridized carbons (Fsp3) is 0.167. The molecule has 0 unspecified atom stereocenters. The minimum absolute atomic E-state index is 0. The summed E-state index contributed by atoms with van der Waals surface area (Å²) in [6.07, 6.45) is 1.64. The molecule has 56 valence electrons. The van der Waals surface area contributed by atoms with Crippen LogP contribution in [0.5, 0.6) is 0 Å². The van der Waals surface area contributed by atoms with Crippen LogP contribution in [0.25, 0.3) is 0 Å². The average molecular weight is 160 g/mol. The number of rotatable bonds is 0. The van der Waals surface area contributed by atoms with Crippen LogP contribution in [0.2, 0.25) is 0 Å². The number of aromatic nitrogens is 1. The molecule has 0 amide bonds. The standard InChI is InChI=1S/C6H9N3.ClH/c1-4-6(8)5(7)2-3-9-4;/h2-3H,8H2,1H3,(H2,7,9);1H. The van der Waals surface area contributed by atoms with E-state index in [9.17, 15) is 0 Å². The van der Waals surface area contributed by atoms with E-state index in [1.807, 2.05) is 6.92 Å². The third-order valence-corrected chi connectivity index (χ3v) is 1.22. The van der Waals surface area contributed by atoms with Crippen molar-refractivity contribution in [2.45, 2.75) is 6.92 Å². The summed E-state index contributed by atoms with van der Waals surface area (Å²) >= 11 is 0. The molecule has 10 heavy (non-hydrogen) atoms. The summed E-state index contributed by atoms with van der Waals surface area (Å²) in [5.74, 6) is 0. The van der Waals surface area contributed by atoms with Crippen molar-refractivity contribution < 1.29 is 0 Å². The van der Waals surface area contributed by atoms with Crippen molar-refractivity contribution in [1.82, 2.24) is 4.98 Å². The van der Waals surface area contributed by atoms with Gasteiger partial charge in [0.1, 0.15) is 0 Å². The maximum absolute atomic E-state index is 5.49. The minimum Gasteiger partial charge on any atom is -0.397 e. The molecule has 0 atom stereocenters. The Labute approximate surface area is 65.8 Å². The molecule has 0 spiro atoms. The van der Waals surface area contributed by atoms with Crippen molar-refractivity contribution in [1.29, 1.82) is 0 Å². The maximum Gasteiger partial charge on any atom is 0.0763 e. The molecule has 0 fully saturated rings. The summed E-state index contributed by atoms with van der Waals surface area (Å²) < 4.78 is 0. The highest BCUT2D eigenvalue weighted by Crippen LogP contribution is 2.14. The highest BCUT2D eigenvalue weighted by Gasteiger charge is 1.95. The van der Waals surface area contributed by atoms with Gasteiger partial charge in [0.25, 0.3) is 0 Å². The SMILES string of the molecule is Cc1nccc(N)c1N.Cl. The Morgan fingerprint density at radius 2 is 2.00 bits per heavy atom. The van der Waals surface area contributed by atoms with Crippen LogP contribution in [0.4, 0.5) is 11.4 Å². The van der Waals surface area contributed by atoms with E-state index in [4.69, 9.17) is 11.5 Å². The Hall–Kier alpha value is -0.960. The molecule has 0 radical (unpaired) electrons. The number of aryl methyl sites for hydroxylation is 1. The van der Waals surface area contributed by atoms with Crippen LogP contribution in [0.3, 0.4) is 0 Å². The van der Waals surface area contributed by atoms with Gasteiger partial charge in [0, 0.05) is 6.20 Å². The average Bonchev–Trinajstić information content (AvgIpc) is 1.83. The van der Waals surface area contributed by atoms with Gasteiger partial charge in [0.05, 0.1) is 17.1 Å². The quantitative estimate of drug-likeness (QED) is 0.593. The zero-order chi connectivity index (χ0) is 6.85. The van der Waals surface area contributed by atoms with E-state index >= 15 is 0 Å². The second kappa shape index (κ2) is 3.27. The van der Waals surface area contributed by atoms with Gasteiger partial charge in [-0.05, 0) is 13.0 Å². The molecule has 0 aromatic carbocycles. The van der Waals surface area contributed by atoms with Crippen molar-refractivity contribution in [3.05, 3.63) is 18.0 Å². The molecule has 0 aliphatic rings. The number of hydrogen-bond donors (Lipinski definition) is 2. The van der Waals surface area contributed by atoms with Crippen molar-refractivity contribution in [2.75, 3.05) is 11.5 Å². The Balaban J connectivity index is 0.000000810. The Morgan fingerprint density at radius 3 is 2.40 bits per heavy atom. The fourth-order valence-corrected chi connectivity index (χ4v) is 0.598. The second-order valence-corrected chi connectivity index (χ2v) is 1.90. The number of nitrogen functional groups attached to an aromatic ring is 2. The van der Waals surface area contributed by atoms with E-state index < -0.39 is 0 Å². The second-order valence-electron chi connectivity index (χ2n) is 1.90. The lowest BCUT2D eigenvalue weighted by molar-refractivity contribution is 1.21. The fourth-order valence-electron chi connectivity index (χ4n) is 0.598. The zero-order valence-corrected chi connectivity index (χ0v) is 6.48. The number of nitrogens with two attached hydrogens (primary N) is 2. The van der Waals surface area contributed by atoms with E-state index in [1.165, 1.54) is 0 Å². The summed E-state index contributed by atoms with van der Waals surface area (Å²) in [5, 5.41) is 0. The topological polar surface area (TPSA) is 64.9 Å². The predicted octanol–water partition coefficient (Wildman–Crippen LogP) is 0.976. The van der Waals surface area contributed by atoms with Crippen molar-refractivity contribution in [3.63, 3.8) is 0 Å². The first-order valence-corrected chi connectivity index (χ1v) is 2.68. The van der Waals surface area contributed by atoms with Crippen molar-refractivity contribution in [3.8, 4) is 0 Å². The van der Waals surface area contributed by atoms with Crippen LogP contribution in [-0.4, -0.2) is 4.98 Å². The molecular formula is C6H10ClN3. The minimum atomic E-state index is 0. The van der Waals surface area contributed by atoms with Crippen molar-refractivity contribution >= 4 is 23.8 Å². The van der Waals surface area contributed by atoms with E-state index in [0.29, 0.717) is 11.4 Å². The summed E-state index contributed by atoms with van der Waals surface area (Å²) in [6, 6.07) is 1.68. The van der Waals surface area contributed by atoms with Gasteiger partial charge in [0.15, 0.2) is 0 Å². The molecule has 0 saturated carbocycles. The summed E-state index contributed by atoms with van der Waals surface area (Å²) in [6.45, 7) is 1.83. The van der Waals surface area contributed by atoms with Gasteiger partial charge in [0.2, 0.25) is 0 Å². The molecule has 4 heteroatoms. The van der Waals surface area contributed by atoms with Gasteiger partial charge in [-0.15, -0.1) is 12.4 Å². The van der Waals surface area contributed by atoms with Crippen LogP contribution < -0.4 is 11.5 Å². The Bertz CT molecular complexity index is 204. The number of anilines is 2. The lowest BCUT2D eigenvalue weighted by Gasteiger charge is -1.99.